The first kappa shape index (κ1) is 22.3. The van der Waals surface area contributed by atoms with Crippen molar-refractivity contribution in [2.24, 2.45) is 0 Å². The van der Waals surface area contributed by atoms with Crippen molar-refractivity contribution in [2.75, 3.05) is 19.8 Å². The third-order valence-corrected chi connectivity index (χ3v) is 10.1. The largest absolute Gasteiger partial charge is 0.410 e. The van der Waals surface area contributed by atoms with Crippen LogP contribution in [-0.2, 0) is 25.2 Å². The van der Waals surface area contributed by atoms with Crippen molar-refractivity contribution in [2.45, 2.75) is 70.2 Å². The first-order chi connectivity index (χ1) is 12.7. The second-order valence-electron chi connectivity index (χ2n) is 8.75. The first-order valence-corrected chi connectivity index (χ1v) is 12.8. The summed E-state index contributed by atoms with van der Waals surface area (Å²) < 4.78 is 24.4. The molecule has 0 saturated carbocycles. The van der Waals surface area contributed by atoms with Crippen molar-refractivity contribution in [3.63, 3.8) is 0 Å². The summed E-state index contributed by atoms with van der Waals surface area (Å²) in [6, 6.07) is 10.2. The Kier molecular flexibility index (Phi) is 7.83. The molecule has 0 spiro atoms. The quantitative estimate of drug-likeness (QED) is 0.307. The fraction of sp³-hybridized carbons (Fsp3) is 0.636. The molecule has 1 aromatic carbocycles. The van der Waals surface area contributed by atoms with Crippen LogP contribution in [0.1, 0.15) is 39.2 Å². The van der Waals surface area contributed by atoms with Crippen molar-refractivity contribution in [1.29, 1.82) is 0 Å². The average Bonchev–Trinajstić information content (AvgIpc) is 3.06. The lowest BCUT2D eigenvalue weighted by Crippen LogP contribution is -2.46. The van der Waals surface area contributed by atoms with Gasteiger partial charge in [0.2, 0.25) is 0 Å². The summed E-state index contributed by atoms with van der Waals surface area (Å²) in [6.45, 7) is 17.7. The van der Waals surface area contributed by atoms with Gasteiger partial charge >= 0.3 is 0 Å². The summed E-state index contributed by atoms with van der Waals surface area (Å²) in [7, 11) is -1.89. The molecule has 1 saturated heterocycles. The van der Waals surface area contributed by atoms with Crippen molar-refractivity contribution in [1.82, 2.24) is 0 Å². The Morgan fingerprint density at radius 1 is 1.19 bits per heavy atom. The van der Waals surface area contributed by atoms with E-state index in [-0.39, 0.29) is 11.1 Å². The Morgan fingerprint density at radius 2 is 1.81 bits per heavy atom. The molecule has 27 heavy (non-hydrogen) atoms. The minimum Gasteiger partial charge on any atom is -0.410 e. The van der Waals surface area contributed by atoms with Gasteiger partial charge in [-0.25, -0.2) is 0 Å². The van der Waals surface area contributed by atoms with E-state index >= 15 is 0 Å². The molecule has 0 aliphatic carbocycles. The van der Waals surface area contributed by atoms with Gasteiger partial charge in [-0.1, -0.05) is 57.2 Å². The summed E-state index contributed by atoms with van der Waals surface area (Å²) in [4.78, 5) is 0. The third kappa shape index (κ3) is 6.54. The summed E-state index contributed by atoms with van der Waals surface area (Å²) in [5.41, 5.74) is 1.17. The van der Waals surface area contributed by atoms with Crippen LogP contribution in [-0.4, -0.2) is 40.0 Å². The predicted octanol–water partition coefficient (Wildman–Crippen LogP) is 5.30. The van der Waals surface area contributed by atoms with Crippen LogP contribution < -0.4 is 0 Å². The van der Waals surface area contributed by atoms with Crippen LogP contribution in [0.3, 0.4) is 0 Å². The number of hydrogen-bond donors (Lipinski definition) is 0. The molecule has 0 unspecified atom stereocenters. The van der Waals surface area contributed by atoms with E-state index in [2.05, 4.69) is 52.6 Å². The van der Waals surface area contributed by atoms with Crippen molar-refractivity contribution < 1.29 is 18.6 Å². The highest BCUT2D eigenvalue weighted by Gasteiger charge is 2.43. The zero-order valence-electron chi connectivity index (χ0n) is 17.6. The maximum Gasteiger partial charge on any atom is 0.192 e. The molecular weight excluding hydrogens is 356 g/mol. The second-order valence-corrected chi connectivity index (χ2v) is 13.5. The van der Waals surface area contributed by atoms with Gasteiger partial charge in [0.05, 0.1) is 32.5 Å². The second kappa shape index (κ2) is 9.48. The molecule has 1 fully saturated rings. The van der Waals surface area contributed by atoms with E-state index in [1.807, 2.05) is 24.3 Å². The van der Waals surface area contributed by atoms with Gasteiger partial charge in [-0.15, -0.1) is 6.58 Å². The van der Waals surface area contributed by atoms with Gasteiger partial charge in [0.15, 0.2) is 14.1 Å². The predicted molar refractivity (Wildman–Crippen MR) is 112 cm³/mol. The molecular formula is C22H36O4Si. The molecule has 1 heterocycles. The number of ether oxygens (including phenoxy) is 3. The Balaban J connectivity index is 1.91. The van der Waals surface area contributed by atoms with Crippen molar-refractivity contribution in [3.8, 4) is 0 Å². The standard InChI is InChI=1S/C22H36O4Si/c1-7-20(26-27(5,6)21(2,3)4)17-22(24-15-16-25-22)13-14-23-18-19-11-9-8-10-12-19/h7-12,20H,1,13-18H2,2-6H3/t20-/m0/s1. The fourth-order valence-electron chi connectivity index (χ4n) is 2.89. The van der Waals surface area contributed by atoms with Crippen LogP contribution in [0.4, 0.5) is 0 Å². The molecule has 2 rings (SSSR count). The third-order valence-electron chi connectivity index (χ3n) is 5.58. The zero-order chi connectivity index (χ0) is 20.0. The smallest absolute Gasteiger partial charge is 0.192 e. The maximum atomic E-state index is 6.53. The van der Waals surface area contributed by atoms with Crippen LogP contribution in [0.15, 0.2) is 43.0 Å². The lowest BCUT2D eigenvalue weighted by molar-refractivity contribution is -0.184. The van der Waals surface area contributed by atoms with Crippen LogP contribution in [0.25, 0.3) is 0 Å². The Hall–Kier alpha value is -0.983. The number of benzene rings is 1. The van der Waals surface area contributed by atoms with E-state index in [0.29, 0.717) is 39.3 Å². The highest BCUT2D eigenvalue weighted by Crippen LogP contribution is 2.39. The highest BCUT2D eigenvalue weighted by atomic mass is 28.4. The minimum atomic E-state index is -1.89. The number of hydrogen-bond acceptors (Lipinski definition) is 4. The molecule has 1 atom stereocenters. The van der Waals surface area contributed by atoms with E-state index in [0.717, 1.165) is 0 Å². The van der Waals surface area contributed by atoms with E-state index in [1.165, 1.54) is 5.56 Å². The van der Waals surface area contributed by atoms with E-state index in [4.69, 9.17) is 18.6 Å². The summed E-state index contributed by atoms with van der Waals surface area (Å²) in [5, 5.41) is 0.150. The average molecular weight is 393 g/mol. The topological polar surface area (TPSA) is 36.9 Å². The van der Waals surface area contributed by atoms with Gasteiger partial charge in [0.25, 0.3) is 0 Å². The lowest BCUT2D eigenvalue weighted by atomic mass is 10.1. The molecule has 0 N–H and O–H groups in total. The Bertz CT molecular complexity index is 574. The molecule has 1 aliphatic rings. The van der Waals surface area contributed by atoms with Gasteiger partial charge in [-0.05, 0) is 23.7 Å². The normalized spacial score (nSPS) is 18.4. The molecule has 0 aromatic heterocycles. The summed E-state index contributed by atoms with van der Waals surface area (Å²) in [6.07, 6.45) is 3.14. The number of rotatable bonds is 10. The minimum absolute atomic E-state index is 0.0851. The zero-order valence-corrected chi connectivity index (χ0v) is 18.6. The van der Waals surface area contributed by atoms with Gasteiger partial charge in [0, 0.05) is 12.8 Å². The molecule has 1 aromatic rings. The van der Waals surface area contributed by atoms with E-state index < -0.39 is 14.1 Å². The van der Waals surface area contributed by atoms with Crippen LogP contribution in [0.2, 0.25) is 18.1 Å². The van der Waals surface area contributed by atoms with E-state index in [9.17, 15) is 0 Å². The Morgan fingerprint density at radius 3 is 2.37 bits per heavy atom. The molecule has 0 bridgehead atoms. The fourth-order valence-corrected chi connectivity index (χ4v) is 4.18. The van der Waals surface area contributed by atoms with E-state index in [1.54, 1.807) is 0 Å². The molecule has 0 amide bonds. The monoisotopic (exact) mass is 392 g/mol. The molecule has 1 aliphatic heterocycles. The molecule has 5 heteroatoms. The highest BCUT2D eigenvalue weighted by molar-refractivity contribution is 6.74. The van der Waals surface area contributed by atoms with Gasteiger partial charge in [-0.2, -0.15) is 0 Å². The lowest BCUT2D eigenvalue weighted by Gasteiger charge is -2.40. The van der Waals surface area contributed by atoms with Crippen LogP contribution in [0.5, 0.6) is 0 Å². The van der Waals surface area contributed by atoms with Crippen molar-refractivity contribution >= 4 is 8.32 Å². The van der Waals surface area contributed by atoms with Crippen molar-refractivity contribution in [3.05, 3.63) is 48.6 Å². The van der Waals surface area contributed by atoms with Gasteiger partial charge in [0.1, 0.15) is 0 Å². The molecule has 152 valence electrons. The summed E-state index contributed by atoms with van der Waals surface area (Å²) >= 11 is 0. The molecule has 0 radical (unpaired) electrons. The van der Waals surface area contributed by atoms with Gasteiger partial charge in [-0.3, -0.25) is 0 Å². The van der Waals surface area contributed by atoms with Gasteiger partial charge < -0.3 is 18.6 Å². The first-order valence-electron chi connectivity index (χ1n) is 9.87. The SMILES string of the molecule is C=C[C@@H](CC1(CCOCc2ccccc2)OCCO1)O[Si](C)(C)C(C)(C)C. The van der Waals surface area contributed by atoms with Crippen LogP contribution >= 0.6 is 0 Å². The molecule has 4 nitrogen and oxygen atoms in total. The maximum absolute atomic E-state index is 6.53. The Labute approximate surface area is 166 Å². The summed E-state index contributed by atoms with van der Waals surface area (Å²) in [5.74, 6) is -0.641. The van der Waals surface area contributed by atoms with Crippen LogP contribution in [0, 0.1) is 0 Å².